The lowest BCUT2D eigenvalue weighted by molar-refractivity contribution is 0.0678. The standard InChI is InChI=1S/C12H12F2N6S/c1-7-5-8(2)20-11(16-7)17-18-12(20)21-6-9-15-3-4-19(9)10(13)14/h3-5,10H,6H2,1-2H3. The number of aromatic nitrogens is 6. The number of halogens is 2. The van der Waals surface area contributed by atoms with Crippen LogP contribution in [0, 0.1) is 13.8 Å². The summed E-state index contributed by atoms with van der Waals surface area (Å²) in [4.78, 5) is 8.23. The number of thioether (sulfide) groups is 1. The van der Waals surface area contributed by atoms with Gasteiger partial charge in [0.1, 0.15) is 5.82 Å². The van der Waals surface area contributed by atoms with E-state index in [0.717, 1.165) is 16.0 Å². The van der Waals surface area contributed by atoms with E-state index in [0.29, 0.717) is 16.8 Å². The summed E-state index contributed by atoms with van der Waals surface area (Å²) < 4.78 is 28.2. The van der Waals surface area contributed by atoms with Crippen molar-refractivity contribution in [2.45, 2.75) is 31.3 Å². The van der Waals surface area contributed by atoms with E-state index in [1.807, 2.05) is 19.9 Å². The zero-order valence-corrected chi connectivity index (χ0v) is 12.2. The van der Waals surface area contributed by atoms with Crippen molar-refractivity contribution in [1.29, 1.82) is 0 Å². The van der Waals surface area contributed by atoms with E-state index in [1.165, 1.54) is 24.2 Å². The van der Waals surface area contributed by atoms with Crippen LogP contribution in [-0.4, -0.2) is 29.1 Å². The van der Waals surface area contributed by atoms with Gasteiger partial charge in [0.25, 0.3) is 5.78 Å². The molecule has 0 saturated carbocycles. The Morgan fingerprint density at radius 1 is 1.29 bits per heavy atom. The van der Waals surface area contributed by atoms with Crippen molar-refractivity contribution in [3.8, 4) is 0 Å². The Labute approximate surface area is 123 Å². The van der Waals surface area contributed by atoms with Gasteiger partial charge in [0.05, 0.1) is 5.75 Å². The molecule has 0 bridgehead atoms. The van der Waals surface area contributed by atoms with Crippen molar-refractivity contribution < 1.29 is 8.78 Å². The van der Waals surface area contributed by atoms with Gasteiger partial charge >= 0.3 is 6.55 Å². The first-order chi connectivity index (χ1) is 10.1. The number of alkyl halides is 2. The van der Waals surface area contributed by atoms with Crippen LogP contribution in [0.5, 0.6) is 0 Å². The van der Waals surface area contributed by atoms with Crippen molar-refractivity contribution in [3.63, 3.8) is 0 Å². The lowest BCUT2D eigenvalue weighted by Gasteiger charge is -2.06. The molecule has 0 aromatic carbocycles. The second kappa shape index (κ2) is 5.40. The fraction of sp³-hybridized carbons (Fsp3) is 0.333. The highest BCUT2D eigenvalue weighted by Gasteiger charge is 2.14. The summed E-state index contributed by atoms with van der Waals surface area (Å²) in [6, 6.07) is 1.92. The Morgan fingerprint density at radius 3 is 2.86 bits per heavy atom. The molecule has 0 aliphatic heterocycles. The molecule has 0 N–H and O–H groups in total. The fourth-order valence-electron chi connectivity index (χ4n) is 2.06. The minimum absolute atomic E-state index is 0.283. The first kappa shape index (κ1) is 13.9. The maximum Gasteiger partial charge on any atom is 0.319 e. The van der Waals surface area contributed by atoms with E-state index < -0.39 is 6.55 Å². The van der Waals surface area contributed by atoms with Gasteiger partial charge in [0, 0.05) is 23.8 Å². The van der Waals surface area contributed by atoms with Gasteiger partial charge in [0.15, 0.2) is 5.16 Å². The van der Waals surface area contributed by atoms with Gasteiger partial charge in [-0.15, -0.1) is 10.2 Å². The molecule has 0 fully saturated rings. The highest BCUT2D eigenvalue weighted by molar-refractivity contribution is 7.98. The first-order valence-electron chi connectivity index (χ1n) is 6.18. The van der Waals surface area contributed by atoms with Crippen LogP contribution in [-0.2, 0) is 5.75 Å². The topological polar surface area (TPSA) is 60.9 Å². The predicted molar refractivity (Wildman–Crippen MR) is 73.3 cm³/mol. The zero-order valence-electron chi connectivity index (χ0n) is 11.4. The molecule has 0 spiro atoms. The maximum absolute atomic E-state index is 12.8. The monoisotopic (exact) mass is 310 g/mol. The van der Waals surface area contributed by atoms with E-state index in [4.69, 9.17) is 0 Å². The minimum atomic E-state index is -2.59. The SMILES string of the molecule is Cc1cc(C)n2c(SCc3nccn3C(F)F)nnc2n1. The highest BCUT2D eigenvalue weighted by atomic mass is 32.2. The molecule has 9 heteroatoms. The molecule has 0 unspecified atom stereocenters. The molecule has 0 atom stereocenters. The lowest BCUT2D eigenvalue weighted by atomic mass is 10.3. The molecular weight excluding hydrogens is 298 g/mol. The second-order valence-electron chi connectivity index (χ2n) is 4.47. The van der Waals surface area contributed by atoms with Crippen molar-refractivity contribution in [2.24, 2.45) is 0 Å². The Bertz CT molecular complexity index is 781. The Morgan fingerprint density at radius 2 is 2.10 bits per heavy atom. The third-order valence-corrected chi connectivity index (χ3v) is 3.88. The zero-order chi connectivity index (χ0) is 15.0. The number of hydrogen-bond donors (Lipinski definition) is 0. The van der Waals surface area contributed by atoms with E-state index in [9.17, 15) is 8.78 Å². The Kier molecular flexibility index (Phi) is 3.58. The summed E-state index contributed by atoms with van der Waals surface area (Å²) in [5, 5.41) is 8.67. The molecule has 110 valence electrons. The van der Waals surface area contributed by atoms with Crippen LogP contribution in [0.15, 0.2) is 23.6 Å². The lowest BCUT2D eigenvalue weighted by Crippen LogP contribution is -2.03. The number of rotatable bonds is 4. The van der Waals surface area contributed by atoms with Crippen molar-refractivity contribution >= 4 is 17.5 Å². The van der Waals surface area contributed by atoms with E-state index in [2.05, 4.69) is 20.2 Å². The molecule has 0 radical (unpaired) electrons. The smallest absolute Gasteiger partial charge is 0.277 e. The fourth-order valence-corrected chi connectivity index (χ4v) is 2.99. The average Bonchev–Trinajstić information content (AvgIpc) is 3.02. The average molecular weight is 310 g/mol. The van der Waals surface area contributed by atoms with Crippen molar-refractivity contribution in [3.05, 3.63) is 35.7 Å². The minimum Gasteiger partial charge on any atom is -0.277 e. The molecule has 3 rings (SSSR count). The summed E-state index contributed by atoms with van der Waals surface area (Å²) >= 11 is 1.30. The molecule has 6 nitrogen and oxygen atoms in total. The van der Waals surface area contributed by atoms with Crippen LogP contribution in [0.4, 0.5) is 8.78 Å². The van der Waals surface area contributed by atoms with E-state index in [-0.39, 0.29) is 5.75 Å². The molecule has 0 aliphatic rings. The molecule has 0 saturated heterocycles. The highest BCUT2D eigenvalue weighted by Crippen LogP contribution is 2.23. The van der Waals surface area contributed by atoms with Crippen LogP contribution in [0.2, 0.25) is 0 Å². The molecule has 0 amide bonds. The number of imidazole rings is 1. The van der Waals surface area contributed by atoms with Crippen LogP contribution >= 0.6 is 11.8 Å². The van der Waals surface area contributed by atoms with Crippen LogP contribution in [0.3, 0.4) is 0 Å². The number of aryl methyl sites for hydroxylation is 2. The van der Waals surface area contributed by atoms with Gasteiger partial charge in [-0.05, 0) is 19.9 Å². The maximum atomic E-state index is 12.8. The van der Waals surface area contributed by atoms with Crippen molar-refractivity contribution in [1.82, 2.24) is 29.1 Å². The number of hydrogen-bond acceptors (Lipinski definition) is 5. The molecule has 3 aromatic rings. The number of nitrogens with zero attached hydrogens (tertiary/aromatic N) is 6. The molecule has 21 heavy (non-hydrogen) atoms. The van der Waals surface area contributed by atoms with Gasteiger partial charge < -0.3 is 0 Å². The van der Waals surface area contributed by atoms with Crippen LogP contribution in [0.1, 0.15) is 23.8 Å². The summed E-state index contributed by atoms with van der Waals surface area (Å²) in [7, 11) is 0. The third-order valence-electron chi connectivity index (χ3n) is 2.95. The van der Waals surface area contributed by atoms with E-state index >= 15 is 0 Å². The summed E-state index contributed by atoms with van der Waals surface area (Å²) in [6.07, 6.45) is 2.62. The van der Waals surface area contributed by atoms with Gasteiger partial charge in [-0.2, -0.15) is 8.78 Å². The van der Waals surface area contributed by atoms with E-state index in [1.54, 1.807) is 4.40 Å². The van der Waals surface area contributed by atoms with Gasteiger partial charge in [0.2, 0.25) is 0 Å². The quantitative estimate of drug-likeness (QED) is 0.693. The van der Waals surface area contributed by atoms with Gasteiger partial charge in [-0.3, -0.25) is 8.97 Å². The summed E-state index contributed by atoms with van der Waals surface area (Å²) in [6.45, 7) is 1.22. The second-order valence-corrected chi connectivity index (χ2v) is 5.42. The van der Waals surface area contributed by atoms with Crippen LogP contribution < -0.4 is 0 Å². The van der Waals surface area contributed by atoms with Gasteiger partial charge in [-0.1, -0.05) is 11.8 Å². The molecule has 0 aliphatic carbocycles. The van der Waals surface area contributed by atoms with Gasteiger partial charge in [-0.25, -0.2) is 9.97 Å². The first-order valence-corrected chi connectivity index (χ1v) is 7.17. The van der Waals surface area contributed by atoms with Crippen molar-refractivity contribution in [2.75, 3.05) is 0 Å². The molecule has 3 heterocycles. The third kappa shape index (κ3) is 2.60. The van der Waals surface area contributed by atoms with Crippen LogP contribution in [0.25, 0.3) is 5.78 Å². The number of fused-ring (bicyclic) bond motifs is 1. The molecule has 3 aromatic heterocycles. The predicted octanol–water partition coefficient (Wildman–Crippen LogP) is 2.63. The summed E-state index contributed by atoms with van der Waals surface area (Å²) in [5.74, 6) is 1.09. The Balaban J connectivity index is 1.87. The Hall–Kier alpha value is -2.03. The normalized spacial score (nSPS) is 11.7. The summed E-state index contributed by atoms with van der Waals surface area (Å²) in [5.41, 5.74) is 1.80. The largest absolute Gasteiger partial charge is 0.319 e. The molecular formula is C12H12F2N6S.